The summed E-state index contributed by atoms with van der Waals surface area (Å²) >= 11 is 2.20. The predicted molar refractivity (Wildman–Crippen MR) is 61.3 cm³/mol. The highest BCUT2D eigenvalue weighted by molar-refractivity contribution is 14.1. The van der Waals surface area contributed by atoms with Gasteiger partial charge in [-0.15, -0.1) is 0 Å². The van der Waals surface area contributed by atoms with Crippen LogP contribution in [0.5, 0.6) is 0 Å². The first-order valence-corrected chi connectivity index (χ1v) is 4.92. The van der Waals surface area contributed by atoms with Crippen LogP contribution < -0.4 is 0 Å². The predicted octanol–water partition coefficient (Wildman–Crippen LogP) is 2.22. The van der Waals surface area contributed by atoms with Crippen molar-refractivity contribution in [1.82, 2.24) is 14.6 Å². The molecule has 0 amide bonds. The zero-order chi connectivity index (χ0) is 9.97. The molecule has 0 fully saturated rings. The van der Waals surface area contributed by atoms with Gasteiger partial charge in [-0.2, -0.15) is 5.10 Å². The fourth-order valence-electron chi connectivity index (χ4n) is 1.14. The Balaban J connectivity index is 2.71. The van der Waals surface area contributed by atoms with Gasteiger partial charge in [0, 0.05) is 3.57 Å². The van der Waals surface area contributed by atoms with Crippen molar-refractivity contribution in [3.05, 3.63) is 45.3 Å². The molecule has 4 nitrogen and oxygen atoms in total. The van der Waals surface area contributed by atoms with E-state index in [0.717, 1.165) is 14.9 Å². The molecule has 2 aromatic rings. The minimum Gasteiger partial charge on any atom is -0.246 e. The number of fused-ring (bicyclic) bond motifs is 1. The lowest BCUT2D eigenvalue weighted by Gasteiger charge is -2.00. The second-order valence-electron chi connectivity index (χ2n) is 2.54. The van der Waals surface area contributed by atoms with E-state index in [1.54, 1.807) is 10.6 Å². The number of aromatic nitrogens is 3. The molecule has 2 heterocycles. The number of nitrogens with zero attached hydrogens (tertiary/aromatic N) is 4. The number of pyridine rings is 1. The zero-order valence-corrected chi connectivity index (χ0v) is 9.21. The fourth-order valence-corrected chi connectivity index (χ4v) is 1.73. The molecule has 0 N–H and O–H groups in total. The van der Waals surface area contributed by atoms with E-state index in [-0.39, 0.29) is 0 Å². The van der Waals surface area contributed by atoms with Crippen LogP contribution in [0.15, 0.2) is 24.7 Å². The van der Waals surface area contributed by atoms with Gasteiger partial charge in [0.25, 0.3) is 0 Å². The van der Waals surface area contributed by atoms with Crippen LogP contribution in [0.4, 0.5) is 0 Å². The molecular weight excluding hydrogens is 291 g/mol. The number of halogens is 1. The lowest BCUT2D eigenvalue weighted by Crippen LogP contribution is -1.95. The molecule has 2 aromatic heterocycles. The van der Waals surface area contributed by atoms with Gasteiger partial charge in [0.1, 0.15) is 6.33 Å². The normalized spacial score (nSPS) is 10.9. The Hall–Kier alpha value is -1.42. The lowest BCUT2D eigenvalue weighted by molar-refractivity contribution is 0.942. The standard InChI is InChI=1S/C9H5IN4/c1-11-5-4-8-7(10)2-3-9-12-6-13-14(8)9/h2-6H/b5-4+. The van der Waals surface area contributed by atoms with Crippen molar-refractivity contribution in [3.63, 3.8) is 0 Å². The van der Waals surface area contributed by atoms with E-state index in [4.69, 9.17) is 6.57 Å². The summed E-state index contributed by atoms with van der Waals surface area (Å²) in [5, 5.41) is 4.08. The minimum atomic E-state index is 0.787. The second kappa shape index (κ2) is 3.75. The van der Waals surface area contributed by atoms with Gasteiger partial charge in [0.15, 0.2) is 11.8 Å². The molecule has 0 saturated heterocycles. The zero-order valence-electron chi connectivity index (χ0n) is 7.05. The molecule has 68 valence electrons. The van der Waals surface area contributed by atoms with Gasteiger partial charge in [-0.25, -0.2) is 14.3 Å². The highest BCUT2D eigenvalue weighted by Crippen LogP contribution is 2.14. The summed E-state index contributed by atoms with van der Waals surface area (Å²) in [6.07, 6.45) is 4.65. The van der Waals surface area contributed by atoms with Crippen LogP contribution in [0, 0.1) is 10.1 Å². The summed E-state index contributed by atoms with van der Waals surface area (Å²) in [5.41, 5.74) is 1.67. The molecule has 0 bridgehead atoms. The Morgan fingerprint density at radius 1 is 1.50 bits per heavy atom. The van der Waals surface area contributed by atoms with Gasteiger partial charge in [-0.05, 0) is 40.8 Å². The van der Waals surface area contributed by atoms with Crippen molar-refractivity contribution >= 4 is 34.3 Å². The molecular formula is C9H5IN4. The topological polar surface area (TPSA) is 34.5 Å². The van der Waals surface area contributed by atoms with Crippen LogP contribution in [-0.4, -0.2) is 14.6 Å². The molecule has 0 unspecified atom stereocenters. The van der Waals surface area contributed by atoms with Crippen molar-refractivity contribution < 1.29 is 0 Å². The maximum Gasteiger partial charge on any atom is 0.156 e. The van der Waals surface area contributed by atoms with E-state index < -0.39 is 0 Å². The summed E-state index contributed by atoms with van der Waals surface area (Å²) in [4.78, 5) is 7.23. The van der Waals surface area contributed by atoms with Gasteiger partial charge in [0.2, 0.25) is 0 Å². The smallest absolute Gasteiger partial charge is 0.156 e. The largest absolute Gasteiger partial charge is 0.246 e. The highest BCUT2D eigenvalue weighted by Gasteiger charge is 2.02. The molecule has 14 heavy (non-hydrogen) atoms. The third-order valence-corrected chi connectivity index (χ3v) is 2.64. The minimum absolute atomic E-state index is 0.787. The van der Waals surface area contributed by atoms with Crippen LogP contribution in [0.3, 0.4) is 0 Å². The van der Waals surface area contributed by atoms with Crippen molar-refractivity contribution in [2.24, 2.45) is 0 Å². The number of hydrogen-bond donors (Lipinski definition) is 0. The van der Waals surface area contributed by atoms with Crippen molar-refractivity contribution in [2.75, 3.05) is 0 Å². The molecule has 0 saturated carbocycles. The van der Waals surface area contributed by atoms with Crippen LogP contribution in [0.2, 0.25) is 0 Å². The molecule has 0 aliphatic rings. The Morgan fingerprint density at radius 3 is 3.14 bits per heavy atom. The quantitative estimate of drug-likeness (QED) is 0.597. The Bertz CT molecular complexity index is 535. The fraction of sp³-hybridized carbons (Fsp3) is 0. The van der Waals surface area contributed by atoms with Crippen LogP contribution in [0.25, 0.3) is 16.6 Å². The van der Waals surface area contributed by atoms with Gasteiger partial charge in [-0.3, -0.25) is 0 Å². The Morgan fingerprint density at radius 2 is 2.36 bits per heavy atom. The summed E-state index contributed by atoms with van der Waals surface area (Å²) in [6, 6.07) is 3.85. The van der Waals surface area contributed by atoms with Crippen molar-refractivity contribution in [1.29, 1.82) is 0 Å². The summed E-state index contributed by atoms with van der Waals surface area (Å²) in [7, 11) is 0. The summed E-state index contributed by atoms with van der Waals surface area (Å²) < 4.78 is 2.75. The SMILES string of the molecule is [C-]#[N+]/C=C/c1c(I)ccc2ncnn12. The average molecular weight is 296 g/mol. The van der Waals surface area contributed by atoms with E-state index >= 15 is 0 Å². The van der Waals surface area contributed by atoms with Crippen LogP contribution in [-0.2, 0) is 0 Å². The van der Waals surface area contributed by atoms with Crippen molar-refractivity contribution in [2.45, 2.75) is 0 Å². The van der Waals surface area contributed by atoms with Crippen LogP contribution >= 0.6 is 22.6 Å². The summed E-state index contributed by atoms with van der Waals surface area (Å²) in [6.45, 7) is 6.68. The second-order valence-corrected chi connectivity index (χ2v) is 3.70. The lowest BCUT2D eigenvalue weighted by atomic mass is 10.3. The molecule has 0 aromatic carbocycles. The van der Waals surface area contributed by atoms with Gasteiger partial charge >= 0.3 is 0 Å². The molecule has 0 radical (unpaired) electrons. The number of hydrogen-bond acceptors (Lipinski definition) is 2. The molecule has 0 spiro atoms. The maximum absolute atomic E-state index is 6.68. The monoisotopic (exact) mass is 296 g/mol. The van der Waals surface area contributed by atoms with Crippen molar-refractivity contribution in [3.8, 4) is 0 Å². The molecule has 0 aliphatic carbocycles. The molecule has 5 heteroatoms. The van der Waals surface area contributed by atoms with Gasteiger partial charge in [-0.1, -0.05) is 0 Å². The van der Waals surface area contributed by atoms with E-state index in [1.165, 1.54) is 12.5 Å². The van der Waals surface area contributed by atoms with Crippen LogP contribution in [0.1, 0.15) is 5.69 Å². The first-order valence-electron chi connectivity index (χ1n) is 3.84. The Kier molecular flexibility index (Phi) is 2.45. The van der Waals surface area contributed by atoms with E-state index in [1.807, 2.05) is 12.1 Å². The van der Waals surface area contributed by atoms with E-state index in [2.05, 4.69) is 37.5 Å². The van der Waals surface area contributed by atoms with E-state index in [9.17, 15) is 0 Å². The number of rotatable bonds is 1. The maximum atomic E-state index is 6.68. The molecule has 0 atom stereocenters. The van der Waals surface area contributed by atoms with Gasteiger partial charge < -0.3 is 0 Å². The highest BCUT2D eigenvalue weighted by atomic mass is 127. The van der Waals surface area contributed by atoms with Gasteiger partial charge in [0.05, 0.1) is 12.3 Å². The average Bonchev–Trinajstić information content (AvgIpc) is 2.64. The molecule has 2 rings (SSSR count). The third-order valence-electron chi connectivity index (χ3n) is 1.73. The third kappa shape index (κ3) is 1.48. The van der Waals surface area contributed by atoms with E-state index in [0.29, 0.717) is 0 Å². The first-order chi connectivity index (χ1) is 6.83. The molecule has 0 aliphatic heterocycles. The Labute approximate surface area is 94.2 Å². The first kappa shape index (κ1) is 9.15. The summed E-state index contributed by atoms with van der Waals surface area (Å²) in [5.74, 6) is 0.